The van der Waals surface area contributed by atoms with E-state index in [0.717, 1.165) is 0 Å². The number of nitrogens with zero attached hydrogens (tertiary/aromatic N) is 1. The third kappa shape index (κ3) is 2.67. The zero-order valence-electron chi connectivity index (χ0n) is 8.09. The van der Waals surface area contributed by atoms with Crippen molar-refractivity contribution in [2.75, 3.05) is 7.05 Å². The molecule has 0 spiro atoms. The predicted molar refractivity (Wildman–Crippen MR) is 58.5 cm³/mol. The maximum absolute atomic E-state index is 13.3. The van der Waals surface area contributed by atoms with Crippen LogP contribution in [0.2, 0.25) is 0 Å². The number of halogens is 2. The highest BCUT2D eigenvalue weighted by Crippen LogP contribution is 2.11. The highest BCUT2D eigenvalue weighted by Gasteiger charge is 2.05. The van der Waals surface area contributed by atoms with Crippen LogP contribution in [0, 0.1) is 5.82 Å². The molecule has 0 saturated heterocycles. The van der Waals surface area contributed by atoms with Gasteiger partial charge in [0.1, 0.15) is 5.82 Å². The van der Waals surface area contributed by atoms with Crippen LogP contribution in [-0.2, 0) is 0 Å². The summed E-state index contributed by atoms with van der Waals surface area (Å²) >= 11 is 5.71. The Bertz CT molecular complexity index is 379. The van der Waals surface area contributed by atoms with Gasteiger partial charge in [-0.25, -0.2) is 4.39 Å². The van der Waals surface area contributed by atoms with Gasteiger partial charge in [-0.05, 0) is 25.1 Å². The van der Waals surface area contributed by atoms with Crippen molar-refractivity contribution in [2.45, 2.75) is 6.92 Å². The Labute approximate surface area is 87.9 Å². The van der Waals surface area contributed by atoms with Crippen LogP contribution in [0.25, 0.3) is 0 Å². The molecule has 1 rings (SSSR count). The van der Waals surface area contributed by atoms with Crippen LogP contribution in [0.15, 0.2) is 40.4 Å². The maximum atomic E-state index is 13.3. The van der Waals surface area contributed by atoms with Gasteiger partial charge in [0.05, 0.1) is 5.71 Å². The summed E-state index contributed by atoms with van der Waals surface area (Å²) in [5.41, 5.74) is 1.02. The number of hydrogen-bond donors (Lipinski definition) is 0. The second-order valence-corrected chi connectivity index (χ2v) is 3.42. The lowest BCUT2D eigenvalue weighted by Gasteiger charge is -2.02. The van der Waals surface area contributed by atoms with E-state index in [0.29, 0.717) is 16.3 Å². The number of rotatable bonds is 2. The van der Waals surface area contributed by atoms with Gasteiger partial charge in [0, 0.05) is 17.6 Å². The zero-order valence-corrected chi connectivity index (χ0v) is 8.85. The van der Waals surface area contributed by atoms with E-state index in [2.05, 4.69) is 4.99 Å². The van der Waals surface area contributed by atoms with E-state index in [-0.39, 0.29) is 5.82 Å². The van der Waals surface area contributed by atoms with Crippen molar-refractivity contribution in [1.29, 1.82) is 0 Å². The summed E-state index contributed by atoms with van der Waals surface area (Å²) in [4.78, 5) is 3.98. The van der Waals surface area contributed by atoms with E-state index in [1.165, 1.54) is 6.07 Å². The Morgan fingerprint density at radius 2 is 2.07 bits per heavy atom. The Morgan fingerprint density at radius 1 is 1.43 bits per heavy atom. The van der Waals surface area contributed by atoms with Gasteiger partial charge in [-0.15, -0.1) is 0 Å². The van der Waals surface area contributed by atoms with Gasteiger partial charge in [-0.3, -0.25) is 4.99 Å². The molecular weight excluding hydrogens is 201 g/mol. The molecule has 0 aliphatic carbocycles. The molecule has 74 valence electrons. The summed E-state index contributed by atoms with van der Waals surface area (Å²) < 4.78 is 13.3. The van der Waals surface area contributed by atoms with Crippen LogP contribution in [0.4, 0.5) is 4.39 Å². The minimum Gasteiger partial charge on any atom is -0.288 e. The van der Waals surface area contributed by atoms with Crippen molar-refractivity contribution in [3.63, 3.8) is 0 Å². The third-order valence-electron chi connectivity index (χ3n) is 1.73. The molecule has 1 aromatic rings. The Morgan fingerprint density at radius 3 is 2.57 bits per heavy atom. The van der Waals surface area contributed by atoms with E-state index >= 15 is 0 Å². The molecule has 0 bridgehead atoms. The first-order valence-corrected chi connectivity index (χ1v) is 4.58. The molecule has 0 fully saturated rings. The summed E-state index contributed by atoms with van der Waals surface area (Å²) in [5, 5.41) is 0.578. The molecule has 1 aromatic carbocycles. The average molecular weight is 212 g/mol. The van der Waals surface area contributed by atoms with E-state index in [1.807, 2.05) is 0 Å². The van der Waals surface area contributed by atoms with E-state index < -0.39 is 0 Å². The first-order chi connectivity index (χ1) is 6.65. The standard InChI is InChI=1S/C11H11ClFN/c1-8(12)7-11(14-2)9-5-3-4-6-10(9)13/h3-7H,1-2H3/b8-7+,14-11+. The van der Waals surface area contributed by atoms with Crippen LogP contribution < -0.4 is 0 Å². The number of benzene rings is 1. The van der Waals surface area contributed by atoms with Crippen LogP contribution in [0.3, 0.4) is 0 Å². The fourth-order valence-corrected chi connectivity index (χ4v) is 1.22. The van der Waals surface area contributed by atoms with Crippen molar-refractivity contribution >= 4 is 17.3 Å². The summed E-state index contributed by atoms with van der Waals surface area (Å²) in [6, 6.07) is 6.48. The first kappa shape index (κ1) is 10.9. The quantitative estimate of drug-likeness (QED) is 0.665. The fraction of sp³-hybridized carbons (Fsp3) is 0.182. The summed E-state index contributed by atoms with van der Waals surface area (Å²) in [5.74, 6) is -0.290. The lowest BCUT2D eigenvalue weighted by molar-refractivity contribution is 0.625. The third-order valence-corrected chi connectivity index (χ3v) is 1.84. The molecule has 0 heterocycles. The van der Waals surface area contributed by atoms with Gasteiger partial charge in [0.25, 0.3) is 0 Å². The van der Waals surface area contributed by atoms with Gasteiger partial charge >= 0.3 is 0 Å². The molecule has 14 heavy (non-hydrogen) atoms. The zero-order chi connectivity index (χ0) is 10.6. The van der Waals surface area contributed by atoms with Crippen LogP contribution in [0.1, 0.15) is 12.5 Å². The fourth-order valence-electron chi connectivity index (χ4n) is 1.12. The highest BCUT2D eigenvalue weighted by atomic mass is 35.5. The highest BCUT2D eigenvalue weighted by molar-refractivity contribution is 6.31. The maximum Gasteiger partial charge on any atom is 0.132 e. The summed E-state index contributed by atoms with van der Waals surface area (Å²) in [6.07, 6.45) is 1.64. The van der Waals surface area contributed by atoms with Gasteiger partial charge in [0.2, 0.25) is 0 Å². The molecule has 1 nitrogen and oxygen atoms in total. The molecule has 0 N–H and O–H groups in total. The SMILES string of the molecule is C/N=C(\C=C(/C)Cl)c1ccccc1F. The first-order valence-electron chi connectivity index (χ1n) is 4.20. The van der Waals surface area contributed by atoms with Gasteiger partial charge in [0.15, 0.2) is 0 Å². The molecule has 0 radical (unpaired) electrons. The molecule has 0 unspecified atom stereocenters. The van der Waals surface area contributed by atoms with Crippen LogP contribution in [0.5, 0.6) is 0 Å². The Hall–Kier alpha value is -1.15. The normalized spacial score (nSPS) is 13.1. The Balaban J connectivity index is 3.15. The van der Waals surface area contributed by atoms with Gasteiger partial charge in [-0.1, -0.05) is 23.7 Å². The topological polar surface area (TPSA) is 12.4 Å². The second kappa shape index (κ2) is 4.91. The molecule has 0 aromatic heterocycles. The van der Waals surface area contributed by atoms with Gasteiger partial charge in [-0.2, -0.15) is 0 Å². The number of aliphatic imine (C=N–C) groups is 1. The molecule has 0 aliphatic heterocycles. The Kier molecular flexibility index (Phi) is 3.84. The van der Waals surface area contributed by atoms with Crippen molar-refractivity contribution in [2.24, 2.45) is 4.99 Å². The lowest BCUT2D eigenvalue weighted by atomic mass is 10.1. The van der Waals surface area contributed by atoms with Crippen molar-refractivity contribution in [1.82, 2.24) is 0 Å². The molecule has 0 aliphatic rings. The van der Waals surface area contributed by atoms with Crippen molar-refractivity contribution < 1.29 is 4.39 Å². The lowest BCUT2D eigenvalue weighted by Crippen LogP contribution is -2.00. The van der Waals surface area contributed by atoms with Crippen molar-refractivity contribution in [3.05, 3.63) is 46.8 Å². The smallest absolute Gasteiger partial charge is 0.132 e. The van der Waals surface area contributed by atoms with E-state index in [4.69, 9.17) is 11.6 Å². The summed E-state index contributed by atoms with van der Waals surface area (Å²) in [6.45, 7) is 1.73. The average Bonchev–Trinajstić information content (AvgIpc) is 2.15. The molecule has 0 saturated carbocycles. The molecule has 3 heteroatoms. The van der Waals surface area contributed by atoms with Crippen LogP contribution >= 0.6 is 11.6 Å². The molecule has 0 atom stereocenters. The molecule has 0 amide bonds. The van der Waals surface area contributed by atoms with Crippen LogP contribution in [-0.4, -0.2) is 12.8 Å². The minimum absolute atomic E-state index is 0.290. The van der Waals surface area contributed by atoms with Crippen molar-refractivity contribution in [3.8, 4) is 0 Å². The molecular formula is C11H11ClFN. The van der Waals surface area contributed by atoms with E-state index in [9.17, 15) is 4.39 Å². The minimum atomic E-state index is -0.290. The monoisotopic (exact) mass is 211 g/mol. The van der Waals surface area contributed by atoms with E-state index in [1.54, 1.807) is 38.2 Å². The second-order valence-electron chi connectivity index (χ2n) is 2.82. The summed E-state index contributed by atoms with van der Waals surface area (Å²) in [7, 11) is 1.61. The number of allylic oxidation sites excluding steroid dienone is 2. The largest absolute Gasteiger partial charge is 0.288 e. The van der Waals surface area contributed by atoms with Gasteiger partial charge < -0.3 is 0 Å². The predicted octanol–water partition coefficient (Wildman–Crippen LogP) is 3.39. The number of hydrogen-bond acceptors (Lipinski definition) is 1.